The summed E-state index contributed by atoms with van der Waals surface area (Å²) < 4.78 is 12.4. The first kappa shape index (κ1) is 25.2. The van der Waals surface area contributed by atoms with Gasteiger partial charge in [0.25, 0.3) is 0 Å². The van der Waals surface area contributed by atoms with Crippen molar-refractivity contribution in [1.82, 2.24) is 29.7 Å². The maximum Gasteiger partial charge on any atom is 0.410 e. The Labute approximate surface area is 226 Å². The van der Waals surface area contributed by atoms with Gasteiger partial charge in [-0.15, -0.1) is 11.3 Å². The summed E-state index contributed by atoms with van der Waals surface area (Å²) in [6.07, 6.45) is 5.40. The first-order valence-electron chi connectivity index (χ1n) is 13.2. The Kier molecular flexibility index (Phi) is 6.57. The molecule has 202 valence electrons. The van der Waals surface area contributed by atoms with Gasteiger partial charge in [0.2, 0.25) is 11.9 Å². The molecule has 2 unspecified atom stereocenters. The molecule has 1 amide bonds. The van der Waals surface area contributed by atoms with E-state index in [2.05, 4.69) is 25.1 Å². The summed E-state index contributed by atoms with van der Waals surface area (Å²) in [6, 6.07) is 0.592. The molecule has 6 rings (SSSR count). The van der Waals surface area contributed by atoms with Crippen LogP contribution < -0.4 is 10.6 Å². The molecule has 3 aliphatic heterocycles. The molecule has 2 N–H and O–H groups in total. The van der Waals surface area contributed by atoms with Crippen molar-refractivity contribution in [2.75, 3.05) is 50.0 Å². The number of carbonyl (C=O) groups excluding carboxylic acids is 1. The van der Waals surface area contributed by atoms with Crippen molar-refractivity contribution < 1.29 is 14.3 Å². The summed E-state index contributed by atoms with van der Waals surface area (Å²) in [5.41, 5.74) is 9.06. The number of nitrogen functional groups attached to an aromatic ring is 1. The molecule has 3 fully saturated rings. The number of hydrogen-bond acceptors (Lipinski definition) is 11. The number of amides is 1. The van der Waals surface area contributed by atoms with Crippen LogP contribution in [0.2, 0.25) is 0 Å². The van der Waals surface area contributed by atoms with E-state index in [1.807, 2.05) is 20.8 Å². The number of thiophene rings is 1. The summed E-state index contributed by atoms with van der Waals surface area (Å²) in [5.74, 6) is 0.984. The molecule has 11 nitrogen and oxygen atoms in total. The lowest BCUT2D eigenvalue weighted by Gasteiger charge is -2.35. The average molecular weight is 539 g/mol. The van der Waals surface area contributed by atoms with Crippen LogP contribution in [-0.4, -0.2) is 92.9 Å². The van der Waals surface area contributed by atoms with E-state index in [-0.39, 0.29) is 12.0 Å². The van der Waals surface area contributed by atoms with Crippen molar-refractivity contribution >= 4 is 39.5 Å². The second-order valence-corrected chi connectivity index (χ2v) is 12.1. The van der Waals surface area contributed by atoms with E-state index in [0.717, 1.165) is 65.5 Å². The molecule has 3 saturated heterocycles. The lowest BCUT2D eigenvalue weighted by atomic mass is 10.1. The monoisotopic (exact) mass is 538 g/mol. The Morgan fingerprint density at radius 1 is 1.11 bits per heavy atom. The van der Waals surface area contributed by atoms with Crippen LogP contribution in [0.15, 0.2) is 17.8 Å². The Morgan fingerprint density at radius 3 is 2.45 bits per heavy atom. The molecule has 3 aromatic rings. The van der Waals surface area contributed by atoms with E-state index < -0.39 is 5.60 Å². The van der Waals surface area contributed by atoms with Crippen LogP contribution >= 0.6 is 11.3 Å². The van der Waals surface area contributed by atoms with Crippen LogP contribution in [0.3, 0.4) is 0 Å². The highest BCUT2D eigenvalue weighted by atomic mass is 32.1. The second-order valence-electron chi connectivity index (χ2n) is 11.2. The first-order valence-corrected chi connectivity index (χ1v) is 14.1. The Bertz CT molecular complexity index is 1300. The van der Waals surface area contributed by atoms with Crippen molar-refractivity contribution in [2.24, 2.45) is 0 Å². The number of nitrogens with two attached hydrogens (primary N) is 1. The molecule has 38 heavy (non-hydrogen) atoms. The highest BCUT2D eigenvalue weighted by Gasteiger charge is 2.39. The van der Waals surface area contributed by atoms with Gasteiger partial charge in [-0.25, -0.2) is 24.7 Å². The highest BCUT2D eigenvalue weighted by Crippen LogP contribution is 2.38. The third-order valence-electron chi connectivity index (χ3n) is 7.31. The zero-order chi connectivity index (χ0) is 26.4. The van der Waals surface area contributed by atoms with Crippen LogP contribution in [0.4, 0.5) is 16.7 Å². The number of carbonyl (C=O) groups is 1. The van der Waals surface area contributed by atoms with E-state index >= 15 is 0 Å². The summed E-state index contributed by atoms with van der Waals surface area (Å²) in [6.45, 7) is 10.7. The van der Waals surface area contributed by atoms with Crippen molar-refractivity contribution in [3.8, 4) is 11.3 Å². The van der Waals surface area contributed by atoms with Gasteiger partial charge in [-0.2, -0.15) is 0 Å². The fourth-order valence-corrected chi connectivity index (χ4v) is 6.46. The summed E-state index contributed by atoms with van der Waals surface area (Å²) in [7, 11) is 0. The van der Waals surface area contributed by atoms with Crippen LogP contribution in [-0.2, 0) is 16.0 Å². The zero-order valence-electron chi connectivity index (χ0n) is 22.1. The number of hydrogen-bond donors (Lipinski definition) is 1. The zero-order valence-corrected chi connectivity index (χ0v) is 22.9. The van der Waals surface area contributed by atoms with E-state index in [1.54, 1.807) is 28.6 Å². The minimum absolute atomic E-state index is 0.239. The lowest BCUT2D eigenvalue weighted by Crippen LogP contribution is -2.49. The van der Waals surface area contributed by atoms with Crippen LogP contribution in [0.5, 0.6) is 0 Å². The van der Waals surface area contributed by atoms with Gasteiger partial charge in [-0.1, -0.05) is 0 Å². The molecule has 0 spiro atoms. The van der Waals surface area contributed by atoms with Gasteiger partial charge in [0.05, 0.1) is 41.2 Å². The summed E-state index contributed by atoms with van der Waals surface area (Å²) in [4.78, 5) is 37.6. The van der Waals surface area contributed by atoms with Crippen LogP contribution in [0, 0.1) is 0 Å². The second kappa shape index (κ2) is 9.90. The topological polar surface area (TPSA) is 123 Å². The van der Waals surface area contributed by atoms with Crippen LogP contribution in [0.25, 0.3) is 21.5 Å². The Hall–Kier alpha value is -3.09. The molecule has 0 aromatic carbocycles. The van der Waals surface area contributed by atoms with Crippen molar-refractivity contribution in [1.29, 1.82) is 0 Å². The number of anilines is 2. The largest absolute Gasteiger partial charge is 0.444 e. The van der Waals surface area contributed by atoms with Gasteiger partial charge in [0.1, 0.15) is 5.60 Å². The third kappa shape index (κ3) is 4.99. The summed E-state index contributed by atoms with van der Waals surface area (Å²) >= 11 is 1.65. The number of ether oxygens (including phenoxy) is 2. The number of fused-ring (bicyclic) bond motifs is 3. The van der Waals surface area contributed by atoms with Gasteiger partial charge < -0.3 is 25.0 Å². The molecule has 2 bridgehead atoms. The normalized spacial score (nSPS) is 22.3. The molecule has 6 heterocycles. The maximum atomic E-state index is 12.5. The molecule has 3 aliphatic rings. The molecule has 0 saturated carbocycles. The number of piperazine rings is 1. The molecular formula is C26H34N8O3S. The van der Waals surface area contributed by atoms with E-state index in [4.69, 9.17) is 25.2 Å². The van der Waals surface area contributed by atoms with Gasteiger partial charge in [0, 0.05) is 56.2 Å². The quantitative estimate of drug-likeness (QED) is 0.530. The predicted molar refractivity (Wildman–Crippen MR) is 146 cm³/mol. The van der Waals surface area contributed by atoms with Crippen molar-refractivity contribution in [3.63, 3.8) is 0 Å². The molecular weight excluding hydrogens is 504 g/mol. The average Bonchev–Trinajstić information content (AvgIpc) is 3.40. The van der Waals surface area contributed by atoms with Gasteiger partial charge in [0.15, 0.2) is 0 Å². The fraction of sp³-hybridized carbons (Fsp3) is 0.577. The molecule has 0 radical (unpaired) electrons. The van der Waals surface area contributed by atoms with Gasteiger partial charge in [-0.3, -0.25) is 4.90 Å². The summed E-state index contributed by atoms with van der Waals surface area (Å²) in [5, 5.41) is 2.18. The minimum Gasteiger partial charge on any atom is -0.444 e. The van der Waals surface area contributed by atoms with E-state index in [9.17, 15) is 4.79 Å². The van der Waals surface area contributed by atoms with Gasteiger partial charge in [-0.05, 0) is 39.0 Å². The number of rotatable bonds is 4. The highest BCUT2D eigenvalue weighted by molar-refractivity contribution is 7.17. The first-order chi connectivity index (χ1) is 18.2. The van der Waals surface area contributed by atoms with Crippen LogP contribution in [0.1, 0.15) is 39.2 Å². The number of aromatic nitrogens is 4. The Balaban J connectivity index is 1.28. The Morgan fingerprint density at radius 2 is 1.79 bits per heavy atom. The molecule has 0 aliphatic carbocycles. The SMILES string of the molecule is CC(C)(C)OC(=O)N1CCN(Cc2csc3c(-c4cnc(N)nc4)nc(N4C5CCC4COC5)nc23)CC1. The third-order valence-corrected chi connectivity index (χ3v) is 8.34. The molecule has 3 aromatic heterocycles. The minimum atomic E-state index is -0.492. The lowest BCUT2D eigenvalue weighted by molar-refractivity contribution is 0.0139. The van der Waals surface area contributed by atoms with Gasteiger partial charge >= 0.3 is 6.09 Å². The smallest absolute Gasteiger partial charge is 0.410 e. The fourth-order valence-electron chi connectivity index (χ4n) is 5.45. The maximum absolute atomic E-state index is 12.5. The molecule has 12 heteroatoms. The van der Waals surface area contributed by atoms with E-state index in [1.165, 1.54) is 0 Å². The van der Waals surface area contributed by atoms with E-state index in [0.29, 0.717) is 38.4 Å². The number of nitrogens with zero attached hydrogens (tertiary/aromatic N) is 7. The standard InChI is InChI=1S/C26H34N8O3S/c1-26(2,3)37-25(35)33-8-6-32(7-9-33)12-17-15-38-22-20(16-10-28-23(27)29-11-16)30-24(31-21(17)22)34-18-4-5-19(34)14-36-13-18/h10-11,15,18-19H,4-9,12-14H2,1-3H3,(H2,27,28,29). The van der Waals surface area contributed by atoms with Crippen molar-refractivity contribution in [2.45, 2.75) is 57.8 Å². The predicted octanol–water partition coefficient (Wildman–Crippen LogP) is 3.15. The van der Waals surface area contributed by atoms with Crippen molar-refractivity contribution in [3.05, 3.63) is 23.3 Å². The molecule has 2 atom stereocenters. The number of morpholine rings is 1.